The number of nitrogens with two attached hydrogens (primary N) is 1. The van der Waals surface area contributed by atoms with Crippen LogP contribution in [0.4, 0.5) is 0 Å². The summed E-state index contributed by atoms with van der Waals surface area (Å²) < 4.78 is 6.65. The van der Waals surface area contributed by atoms with Crippen molar-refractivity contribution < 1.29 is 9.53 Å². The van der Waals surface area contributed by atoms with Gasteiger partial charge in [-0.15, -0.1) is 0 Å². The van der Waals surface area contributed by atoms with Gasteiger partial charge in [0.25, 0.3) is 0 Å². The second-order valence-electron chi connectivity index (χ2n) is 3.84. The minimum atomic E-state index is -0.319. The maximum Gasteiger partial charge on any atom is 0.307 e. The predicted octanol–water partition coefficient (Wildman–Crippen LogP) is 0.781. The van der Waals surface area contributed by atoms with Gasteiger partial charge in [0.1, 0.15) is 0 Å². The number of methoxy groups -OCH3 is 1. The Morgan fingerprint density at radius 1 is 1.80 bits per heavy atom. The Bertz CT molecular complexity index is 357. The van der Waals surface area contributed by atoms with Gasteiger partial charge in [-0.2, -0.15) is 0 Å². The molecule has 1 saturated carbocycles. The minimum Gasteiger partial charge on any atom is -0.469 e. The minimum absolute atomic E-state index is 0.203. The molecule has 0 radical (unpaired) electrons. The Morgan fingerprint density at radius 2 is 2.53 bits per heavy atom. The molecule has 1 heterocycles. The highest BCUT2D eigenvalue weighted by Crippen LogP contribution is 2.36. The van der Waals surface area contributed by atoms with E-state index >= 15 is 0 Å². The van der Waals surface area contributed by atoms with Crippen molar-refractivity contribution in [3.63, 3.8) is 0 Å². The molecular weight excluding hydrogens is 194 g/mol. The summed E-state index contributed by atoms with van der Waals surface area (Å²) in [5, 5.41) is 0. The molecule has 1 unspecified atom stereocenters. The fraction of sp³-hybridized carbons (Fsp3) is 0.600. The number of rotatable bonds is 4. The third-order valence-electron chi connectivity index (χ3n) is 2.63. The quantitative estimate of drug-likeness (QED) is 0.744. The van der Waals surface area contributed by atoms with Crippen LogP contribution in [-0.4, -0.2) is 22.6 Å². The molecule has 2 N–H and O–H groups in total. The molecule has 1 fully saturated rings. The molecule has 5 nitrogen and oxygen atoms in total. The van der Waals surface area contributed by atoms with Crippen LogP contribution in [0.3, 0.4) is 0 Å². The third kappa shape index (κ3) is 2.18. The first-order valence-corrected chi connectivity index (χ1v) is 5.06. The molecule has 0 amide bonds. The van der Waals surface area contributed by atoms with E-state index in [1.165, 1.54) is 20.0 Å². The molecule has 0 aliphatic heterocycles. The van der Waals surface area contributed by atoms with Gasteiger partial charge in [0.15, 0.2) is 0 Å². The highest BCUT2D eigenvalue weighted by molar-refractivity contribution is 5.70. The zero-order valence-corrected chi connectivity index (χ0v) is 8.72. The second-order valence-corrected chi connectivity index (χ2v) is 3.84. The first kappa shape index (κ1) is 10.2. The molecule has 2 rings (SSSR count). The van der Waals surface area contributed by atoms with Gasteiger partial charge in [0, 0.05) is 12.2 Å². The van der Waals surface area contributed by atoms with Crippen molar-refractivity contribution in [2.24, 2.45) is 5.73 Å². The van der Waals surface area contributed by atoms with E-state index in [9.17, 15) is 4.79 Å². The van der Waals surface area contributed by atoms with Gasteiger partial charge in [0.05, 0.1) is 31.6 Å². The topological polar surface area (TPSA) is 70.1 Å². The fourth-order valence-corrected chi connectivity index (χ4v) is 1.63. The lowest BCUT2D eigenvalue weighted by Crippen LogP contribution is -2.19. The molecule has 1 aromatic heterocycles. The Kier molecular flexibility index (Phi) is 2.73. The number of esters is 1. The van der Waals surface area contributed by atoms with Crippen molar-refractivity contribution in [3.8, 4) is 0 Å². The van der Waals surface area contributed by atoms with Crippen molar-refractivity contribution in [2.75, 3.05) is 7.11 Å². The SMILES string of the molecule is COC(=O)CC(N)c1cncn1C1CC1. The van der Waals surface area contributed by atoms with Crippen molar-refractivity contribution in [3.05, 3.63) is 18.2 Å². The van der Waals surface area contributed by atoms with E-state index < -0.39 is 0 Å². The summed E-state index contributed by atoms with van der Waals surface area (Å²) in [6.45, 7) is 0. The van der Waals surface area contributed by atoms with Crippen LogP contribution in [0.1, 0.15) is 37.0 Å². The molecule has 5 heteroatoms. The van der Waals surface area contributed by atoms with Crippen LogP contribution in [0, 0.1) is 0 Å². The number of hydrogen-bond acceptors (Lipinski definition) is 4. The largest absolute Gasteiger partial charge is 0.469 e. The van der Waals surface area contributed by atoms with E-state index in [0.29, 0.717) is 6.04 Å². The summed E-state index contributed by atoms with van der Waals surface area (Å²) in [7, 11) is 1.37. The summed E-state index contributed by atoms with van der Waals surface area (Å²) in [6.07, 6.45) is 6.06. The zero-order chi connectivity index (χ0) is 10.8. The van der Waals surface area contributed by atoms with Crippen molar-refractivity contribution in [2.45, 2.75) is 31.3 Å². The van der Waals surface area contributed by atoms with Gasteiger partial charge in [-0.05, 0) is 12.8 Å². The molecule has 0 saturated heterocycles. The van der Waals surface area contributed by atoms with Gasteiger partial charge >= 0.3 is 5.97 Å². The van der Waals surface area contributed by atoms with Crippen LogP contribution in [0.15, 0.2) is 12.5 Å². The second kappa shape index (κ2) is 4.02. The number of nitrogens with zero attached hydrogens (tertiary/aromatic N) is 2. The van der Waals surface area contributed by atoms with E-state index in [-0.39, 0.29) is 18.4 Å². The van der Waals surface area contributed by atoms with Crippen LogP contribution in [0.2, 0.25) is 0 Å². The number of aromatic nitrogens is 2. The Balaban J connectivity index is 2.07. The standard InChI is InChI=1S/C10H15N3O2/c1-15-10(14)4-8(11)9-5-12-6-13(9)7-2-3-7/h5-8H,2-4,11H2,1H3. The van der Waals surface area contributed by atoms with Crippen LogP contribution in [-0.2, 0) is 9.53 Å². The van der Waals surface area contributed by atoms with E-state index in [4.69, 9.17) is 5.73 Å². The van der Waals surface area contributed by atoms with Crippen LogP contribution < -0.4 is 5.73 Å². The van der Waals surface area contributed by atoms with Gasteiger partial charge in [-0.25, -0.2) is 4.98 Å². The lowest BCUT2D eigenvalue weighted by molar-refractivity contribution is -0.141. The average molecular weight is 209 g/mol. The normalized spacial score (nSPS) is 17.5. The summed E-state index contributed by atoms with van der Waals surface area (Å²) >= 11 is 0. The Labute approximate surface area is 88.2 Å². The number of carbonyl (C=O) groups excluding carboxylic acids is 1. The highest BCUT2D eigenvalue weighted by Gasteiger charge is 2.27. The maximum absolute atomic E-state index is 11.1. The van der Waals surface area contributed by atoms with Crippen molar-refractivity contribution >= 4 is 5.97 Å². The summed E-state index contributed by atoms with van der Waals surface area (Å²) in [6, 6.07) is 0.215. The third-order valence-corrected chi connectivity index (χ3v) is 2.63. The molecule has 0 aromatic carbocycles. The predicted molar refractivity (Wildman–Crippen MR) is 54.1 cm³/mol. The summed E-state index contributed by atoms with van der Waals surface area (Å²) in [5.41, 5.74) is 6.84. The van der Waals surface area contributed by atoms with E-state index in [1.54, 1.807) is 12.5 Å². The van der Waals surface area contributed by atoms with Gasteiger partial charge in [-0.3, -0.25) is 4.79 Å². The number of carbonyl (C=O) groups is 1. The Morgan fingerprint density at radius 3 is 3.13 bits per heavy atom. The number of imidazole rings is 1. The summed E-state index contributed by atoms with van der Waals surface area (Å²) in [5.74, 6) is -0.286. The lowest BCUT2D eigenvalue weighted by atomic mass is 10.1. The Hall–Kier alpha value is -1.36. The molecule has 0 spiro atoms. The van der Waals surface area contributed by atoms with E-state index in [2.05, 4.69) is 14.3 Å². The van der Waals surface area contributed by atoms with Gasteiger partial charge in [-0.1, -0.05) is 0 Å². The molecular formula is C10H15N3O2. The monoisotopic (exact) mass is 209 g/mol. The summed E-state index contributed by atoms with van der Waals surface area (Å²) in [4.78, 5) is 15.2. The molecule has 1 aliphatic rings. The molecule has 1 atom stereocenters. The van der Waals surface area contributed by atoms with Gasteiger partial charge in [0.2, 0.25) is 0 Å². The average Bonchev–Trinajstić information content (AvgIpc) is 2.95. The van der Waals surface area contributed by atoms with E-state index in [0.717, 1.165) is 5.69 Å². The first-order chi connectivity index (χ1) is 7.22. The fourth-order valence-electron chi connectivity index (χ4n) is 1.63. The van der Waals surface area contributed by atoms with E-state index in [1.807, 2.05) is 0 Å². The maximum atomic E-state index is 11.1. The highest BCUT2D eigenvalue weighted by atomic mass is 16.5. The molecule has 1 aromatic rings. The van der Waals surface area contributed by atoms with Crippen molar-refractivity contribution in [1.29, 1.82) is 0 Å². The molecule has 1 aliphatic carbocycles. The lowest BCUT2D eigenvalue weighted by Gasteiger charge is -2.12. The van der Waals surface area contributed by atoms with Crippen LogP contribution >= 0.6 is 0 Å². The van der Waals surface area contributed by atoms with Gasteiger partial charge < -0.3 is 15.0 Å². The van der Waals surface area contributed by atoms with Crippen LogP contribution in [0.25, 0.3) is 0 Å². The smallest absolute Gasteiger partial charge is 0.307 e. The zero-order valence-electron chi connectivity index (χ0n) is 8.72. The molecule has 15 heavy (non-hydrogen) atoms. The number of hydrogen-bond donors (Lipinski definition) is 1. The molecule has 82 valence electrons. The van der Waals surface area contributed by atoms with Crippen LogP contribution in [0.5, 0.6) is 0 Å². The number of ether oxygens (including phenoxy) is 1. The van der Waals surface area contributed by atoms with Crippen molar-refractivity contribution in [1.82, 2.24) is 9.55 Å². The molecule has 0 bridgehead atoms. The first-order valence-electron chi connectivity index (χ1n) is 5.06.